The minimum Gasteiger partial charge on any atom is -0.450 e. The number of nitrogens with zero attached hydrogens (tertiary/aromatic N) is 5. The third-order valence-corrected chi connectivity index (χ3v) is 6.25. The molecule has 0 spiro atoms. The molecule has 0 bridgehead atoms. The summed E-state index contributed by atoms with van der Waals surface area (Å²) in [5.41, 5.74) is 4.48. The summed E-state index contributed by atoms with van der Waals surface area (Å²) >= 11 is 5.89. The van der Waals surface area contributed by atoms with Gasteiger partial charge in [0.05, 0.1) is 19.0 Å². The third-order valence-electron chi connectivity index (χ3n) is 5.85. The first kappa shape index (κ1) is 22.2. The molecule has 1 aromatic heterocycles. The number of carbonyl (C=O) groups is 1. The molecule has 168 valence electrons. The van der Waals surface area contributed by atoms with Crippen LogP contribution in [0.25, 0.3) is 17.1 Å². The molecule has 32 heavy (non-hydrogen) atoms. The fraction of sp³-hybridized carbons (Fsp3) is 0.375. The second-order valence-corrected chi connectivity index (χ2v) is 8.39. The molecule has 1 aliphatic rings. The maximum absolute atomic E-state index is 12.0. The van der Waals surface area contributed by atoms with Crippen LogP contribution in [0.2, 0.25) is 0 Å². The molecular formula is C24H29N5O2S. The molecule has 2 heterocycles. The van der Waals surface area contributed by atoms with Gasteiger partial charge in [-0.1, -0.05) is 36.4 Å². The zero-order chi connectivity index (χ0) is 22.7. The number of hydrogen-bond donors (Lipinski definition) is 0. The van der Waals surface area contributed by atoms with E-state index in [0.29, 0.717) is 31.1 Å². The van der Waals surface area contributed by atoms with Crippen molar-refractivity contribution in [3.8, 4) is 17.1 Å². The molecule has 1 aliphatic heterocycles. The average Bonchev–Trinajstić information content (AvgIpc) is 3.13. The minimum atomic E-state index is -0.242. The lowest BCUT2D eigenvalue weighted by molar-refractivity contribution is 0.0691. The van der Waals surface area contributed by atoms with Gasteiger partial charge in [0.25, 0.3) is 0 Å². The predicted molar refractivity (Wildman–Crippen MR) is 127 cm³/mol. The Kier molecular flexibility index (Phi) is 6.72. The molecule has 2 aromatic carbocycles. The first-order valence-corrected chi connectivity index (χ1v) is 11.4. The fourth-order valence-corrected chi connectivity index (χ4v) is 4.14. The highest BCUT2D eigenvalue weighted by molar-refractivity contribution is 7.71. The quantitative estimate of drug-likeness (QED) is 0.538. The lowest BCUT2D eigenvalue weighted by Gasteiger charge is -2.33. The smallest absolute Gasteiger partial charge is 0.409 e. The van der Waals surface area contributed by atoms with E-state index in [1.54, 1.807) is 4.90 Å². The van der Waals surface area contributed by atoms with Crippen LogP contribution in [-0.2, 0) is 11.4 Å². The molecule has 1 saturated heterocycles. The summed E-state index contributed by atoms with van der Waals surface area (Å²) in [5, 5.41) is 4.91. The number of piperazine rings is 1. The first-order chi connectivity index (χ1) is 15.5. The maximum atomic E-state index is 12.0. The van der Waals surface area contributed by atoms with Crippen LogP contribution in [0.4, 0.5) is 4.79 Å². The van der Waals surface area contributed by atoms with Crippen LogP contribution in [0.5, 0.6) is 0 Å². The van der Waals surface area contributed by atoms with Gasteiger partial charge in [0.15, 0.2) is 5.82 Å². The third kappa shape index (κ3) is 4.61. The van der Waals surface area contributed by atoms with Gasteiger partial charge in [0.2, 0.25) is 4.77 Å². The van der Waals surface area contributed by atoms with Crippen molar-refractivity contribution >= 4 is 18.3 Å². The molecule has 1 amide bonds. The minimum absolute atomic E-state index is 0.242. The van der Waals surface area contributed by atoms with E-state index in [9.17, 15) is 4.79 Å². The molecule has 8 heteroatoms. The zero-order valence-electron chi connectivity index (χ0n) is 18.8. The number of carbonyl (C=O) groups excluding carboxylic acids is 1. The average molecular weight is 452 g/mol. The molecule has 3 aromatic rings. The number of hydrogen-bond acceptors (Lipinski definition) is 5. The van der Waals surface area contributed by atoms with E-state index in [0.717, 1.165) is 30.2 Å². The van der Waals surface area contributed by atoms with E-state index in [2.05, 4.69) is 49.1 Å². The summed E-state index contributed by atoms with van der Waals surface area (Å²) in [4.78, 5) is 16.0. The monoisotopic (exact) mass is 451 g/mol. The van der Waals surface area contributed by atoms with E-state index >= 15 is 0 Å². The molecule has 1 fully saturated rings. The van der Waals surface area contributed by atoms with E-state index in [1.165, 1.54) is 11.1 Å². The molecule has 4 rings (SSSR count). The van der Waals surface area contributed by atoms with Crippen LogP contribution < -0.4 is 0 Å². The van der Waals surface area contributed by atoms with E-state index < -0.39 is 0 Å². The molecule has 0 saturated carbocycles. The molecule has 0 radical (unpaired) electrons. The first-order valence-electron chi connectivity index (χ1n) is 10.9. The molecule has 7 nitrogen and oxygen atoms in total. The Morgan fingerprint density at radius 2 is 1.75 bits per heavy atom. The lowest BCUT2D eigenvalue weighted by Crippen LogP contribution is -2.49. The summed E-state index contributed by atoms with van der Waals surface area (Å²) < 4.78 is 9.70. The summed E-state index contributed by atoms with van der Waals surface area (Å²) in [6.45, 7) is 9.78. The van der Waals surface area contributed by atoms with Crippen LogP contribution in [0.3, 0.4) is 0 Å². The van der Waals surface area contributed by atoms with Crippen LogP contribution in [0.1, 0.15) is 18.1 Å². The van der Waals surface area contributed by atoms with Gasteiger partial charge in [-0.25, -0.2) is 9.48 Å². The number of aryl methyl sites for hydroxylation is 2. The topological polar surface area (TPSA) is 55.5 Å². The predicted octanol–water partition coefficient (Wildman–Crippen LogP) is 4.42. The molecule has 0 atom stereocenters. The summed E-state index contributed by atoms with van der Waals surface area (Å²) in [6.07, 6.45) is -0.242. The Labute approximate surface area is 193 Å². The SMILES string of the molecule is CCOC(=O)N1CCN(Cn2nc(-c3ccccc3)n(-c3ccc(C)c(C)c3)c2=S)CC1. The highest BCUT2D eigenvalue weighted by Crippen LogP contribution is 2.24. The summed E-state index contributed by atoms with van der Waals surface area (Å²) in [6, 6.07) is 16.5. The van der Waals surface area contributed by atoms with Crippen molar-refractivity contribution in [1.82, 2.24) is 24.1 Å². The Bertz CT molecular complexity index is 1150. The Morgan fingerprint density at radius 1 is 1.03 bits per heavy atom. The number of rotatable bonds is 5. The molecule has 0 aliphatic carbocycles. The molecule has 0 N–H and O–H groups in total. The number of benzene rings is 2. The van der Waals surface area contributed by atoms with E-state index in [-0.39, 0.29) is 6.09 Å². The fourth-order valence-electron chi connectivity index (χ4n) is 3.85. The van der Waals surface area contributed by atoms with Gasteiger partial charge in [-0.3, -0.25) is 9.47 Å². The maximum Gasteiger partial charge on any atom is 0.409 e. The van der Waals surface area contributed by atoms with Gasteiger partial charge >= 0.3 is 6.09 Å². The van der Waals surface area contributed by atoms with Gasteiger partial charge in [0.1, 0.15) is 0 Å². The van der Waals surface area contributed by atoms with Crippen molar-refractivity contribution in [1.29, 1.82) is 0 Å². The van der Waals surface area contributed by atoms with E-state index in [4.69, 9.17) is 22.1 Å². The van der Waals surface area contributed by atoms with Gasteiger partial charge < -0.3 is 9.64 Å². The largest absolute Gasteiger partial charge is 0.450 e. The van der Waals surface area contributed by atoms with Crippen molar-refractivity contribution in [3.05, 3.63) is 64.4 Å². The standard InChI is InChI=1S/C24H29N5O2S/c1-4-31-24(30)27-14-12-26(13-15-27)17-28-23(32)29(21-11-10-18(2)19(3)16-21)22(25-28)20-8-6-5-7-9-20/h5-11,16H,4,12-15,17H2,1-3H3. The van der Waals surface area contributed by atoms with Crippen molar-refractivity contribution in [3.63, 3.8) is 0 Å². The Morgan fingerprint density at radius 3 is 2.41 bits per heavy atom. The van der Waals surface area contributed by atoms with Crippen LogP contribution >= 0.6 is 12.2 Å². The zero-order valence-corrected chi connectivity index (χ0v) is 19.6. The normalized spacial score (nSPS) is 14.5. The molecule has 0 unspecified atom stereocenters. The Balaban J connectivity index is 1.63. The second-order valence-electron chi connectivity index (χ2n) is 8.02. The van der Waals surface area contributed by atoms with Crippen molar-refractivity contribution in [2.24, 2.45) is 0 Å². The van der Waals surface area contributed by atoms with Crippen LogP contribution in [0, 0.1) is 18.6 Å². The van der Waals surface area contributed by atoms with Gasteiger partial charge in [0, 0.05) is 31.7 Å². The van der Waals surface area contributed by atoms with Crippen molar-refractivity contribution < 1.29 is 9.53 Å². The van der Waals surface area contributed by atoms with Gasteiger partial charge in [-0.2, -0.15) is 0 Å². The second kappa shape index (κ2) is 9.67. The number of aromatic nitrogens is 3. The van der Waals surface area contributed by atoms with Crippen LogP contribution in [-0.4, -0.2) is 63.0 Å². The molecular weight excluding hydrogens is 422 g/mol. The van der Waals surface area contributed by atoms with E-state index in [1.807, 2.05) is 34.4 Å². The van der Waals surface area contributed by atoms with Gasteiger partial charge in [-0.05, 0) is 56.2 Å². The van der Waals surface area contributed by atoms with Crippen molar-refractivity contribution in [2.45, 2.75) is 27.4 Å². The van der Waals surface area contributed by atoms with Crippen LogP contribution in [0.15, 0.2) is 48.5 Å². The Hall–Kier alpha value is -2.97. The summed E-state index contributed by atoms with van der Waals surface area (Å²) in [5.74, 6) is 0.823. The summed E-state index contributed by atoms with van der Waals surface area (Å²) in [7, 11) is 0. The van der Waals surface area contributed by atoms with Crippen molar-refractivity contribution in [2.75, 3.05) is 32.8 Å². The lowest BCUT2D eigenvalue weighted by atomic mass is 10.1. The number of amides is 1. The highest BCUT2D eigenvalue weighted by Gasteiger charge is 2.23. The van der Waals surface area contributed by atoms with Gasteiger partial charge in [-0.15, -0.1) is 5.10 Å². The highest BCUT2D eigenvalue weighted by atomic mass is 32.1. The number of ether oxygens (including phenoxy) is 1.